The number of ketones is 1. The van der Waals surface area contributed by atoms with E-state index in [2.05, 4.69) is 17.1 Å². The van der Waals surface area contributed by atoms with Gasteiger partial charge < -0.3 is 9.69 Å². The summed E-state index contributed by atoms with van der Waals surface area (Å²) in [6, 6.07) is 0. The van der Waals surface area contributed by atoms with Crippen LogP contribution in [0.3, 0.4) is 0 Å². The quantitative estimate of drug-likeness (QED) is 0.884. The Kier molecular flexibility index (Phi) is 4.14. The first kappa shape index (κ1) is 13.9. The molecule has 0 saturated carbocycles. The minimum Gasteiger partial charge on any atom is -0.342 e. The third-order valence-electron chi connectivity index (χ3n) is 3.43. The van der Waals surface area contributed by atoms with Gasteiger partial charge >= 0.3 is 4.87 Å². The number of hydrogen-bond acceptors (Lipinski definition) is 5. The summed E-state index contributed by atoms with van der Waals surface area (Å²) in [6.45, 7) is 4.78. The normalized spacial score (nSPS) is 22.7. The van der Waals surface area contributed by atoms with Gasteiger partial charge in [-0.2, -0.15) is 5.10 Å². The number of aromatic nitrogens is 2. The Balaban J connectivity index is 1.99. The SMILES string of the molecule is CC(=O)CCC(=O)N1C[C@@H](C)[C@@H](c2n[nH]c(=O)s2)C1. The minimum atomic E-state index is -0.163. The summed E-state index contributed by atoms with van der Waals surface area (Å²) in [6.07, 6.45) is 0.565. The van der Waals surface area contributed by atoms with Gasteiger partial charge in [0.25, 0.3) is 0 Å². The number of carbonyl (C=O) groups is 2. The monoisotopic (exact) mass is 283 g/mol. The van der Waals surface area contributed by atoms with Crippen LogP contribution in [0.4, 0.5) is 0 Å². The lowest BCUT2D eigenvalue weighted by Crippen LogP contribution is -2.28. The molecule has 0 radical (unpaired) electrons. The molecule has 1 amide bonds. The van der Waals surface area contributed by atoms with Crippen molar-refractivity contribution in [2.75, 3.05) is 13.1 Å². The van der Waals surface area contributed by atoms with Crippen molar-refractivity contribution in [3.8, 4) is 0 Å². The predicted octanol–water partition coefficient (Wildman–Crippen LogP) is 0.763. The van der Waals surface area contributed by atoms with Crippen molar-refractivity contribution in [2.45, 2.75) is 32.6 Å². The molecule has 1 aliphatic rings. The molecule has 1 saturated heterocycles. The number of aromatic amines is 1. The molecular weight excluding hydrogens is 266 g/mol. The summed E-state index contributed by atoms with van der Waals surface area (Å²) < 4.78 is 0. The molecule has 0 aliphatic carbocycles. The molecular formula is C12H17N3O3S. The molecule has 0 unspecified atom stereocenters. The number of amides is 1. The number of nitrogens with zero attached hydrogens (tertiary/aromatic N) is 2. The first-order valence-electron chi connectivity index (χ1n) is 6.30. The van der Waals surface area contributed by atoms with Gasteiger partial charge in [0.05, 0.1) is 0 Å². The fourth-order valence-electron chi connectivity index (χ4n) is 2.33. The van der Waals surface area contributed by atoms with Crippen LogP contribution in [0.15, 0.2) is 4.79 Å². The molecule has 1 aromatic rings. The van der Waals surface area contributed by atoms with Gasteiger partial charge in [-0.1, -0.05) is 18.3 Å². The van der Waals surface area contributed by atoms with E-state index in [0.717, 1.165) is 16.3 Å². The van der Waals surface area contributed by atoms with Crippen molar-refractivity contribution < 1.29 is 9.59 Å². The Morgan fingerprint density at radius 2 is 2.16 bits per heavy atom. The topological polar surface area (TPSA) is 83.1 Å². The zero-order chi connectivity index (χ0) is 14.0. The second-order valence-electron chi connectivity index (χ2n) is 5.04. The molecule has 0 spiro atoms. The second-order valence-corrected chi connectivity index (χ2v) is 6.03. The number of carbonyl (C=O) groups excluding carboxylic acids is 2. The van der Waals surface area contributed by atoms with Gasteiger partial charge in [0, 0.05) is 31.8 Å². The van der Waals surface area contributed by atoms with Crippen molar-refractivity contribution in [1.29, 1.82) is 0 Å². The van der Waals surface area contributed by atoms with Gasteiger partial charge in [0.15, 0.2) is 0 Å². The predicted molar refractivity (Wildman–Crippen MR) is 71.1 cm³/mol. The highest BCUT2D eigenvalue weighted by atomic mass is 32.1. The van der Waals surface area contributed by atoms with Crippen LogP contribution in [0.5, 0.6) is 0 Å². The Morgan fingerprint density at radius 3 is 2.74 bits per heavy atom. The molecule has 1 fully saturated rings. The average molecular weight is 283 g/mol. The minimum absolute atomic E-state index is 0.00688. The molecule has 1 aromatic heterocycles. The number of rotatable bonds is 4. The van der Waals surface area contributed by atoms with Crippen molar-refractivity contribution in [1.82, 2.24) is 15.1 Å². The van der Waals surface area contributed by atoms with Crippen LogP contribution in [0.2, 0.25) is 0 Å². The fraction of sp³-hybridized carbons (Fsp3) is 0.667. The van der Waals surface area contributed by atoms with Crippen molar-refractivity contribution in [3.05, 3.63) is 14.7 Å². The van der Waals surface area contributed by atoms with E-state index in [4.69, 9.17) is 0 Å². The Bertz CT molecular complexity index is 536. The Morgan fingerprint density at radius 1 is 1.42 bits per heavy atom. The van der Waals surface area contributed by atoms with Gasteiger partial charge in [-0.3, -0.25) is 9.59 Å². The zero-order valence-electron chi connectivity index (χ0n) is 11.0. The highest BCUT2D eigenvalue weighted by Gasteiger charge is 2.35. The molecule has 0 aromatic carbocycles. The first-order valence-corrected chi connectivity index (χ1v) is 7.11. The number of hydrogen-bond donors (Lipinski definition) is 1. The van der Waals surface area contributed by atoms with E-state index in [0.29, 0.717) is 19.5 Å². The summed E-state index contributed by atoms with van der Waals surface area (Å²) in [4.78, 5) is 35.6. The maximum absolute atomic E-state index is 12.0. The van der Waals surface area contributed by atoms with Gasteiger partial charge in [0.1, 0.15) is 10.8 Å². The highest BCUT2D eigenvalue weighted by molar-refractivity contribution is 7.08. The van der Waals surface area contributed by atoms with Gasteiger partial charge in [-0.15, -0.1) is 0 Å². The van der Waals surface area contributed by atoms with Gasteiger partial charge in [-0.05, 0) is 12.8 Å². The molecule has 19 heavy (non-hydrogen) atoms. The van der Waals surface area contributed by atoms with Crippen LogP contribution >= 0.6 is 11.3 Å². The molecule has 7 heteroatoms. The molecule has 2 rings (SSSR count). The number of H-pyrrole nitrogens is 1. The average Bonchev–Trinajstić information content (AvgIpc) is 2.92. The first-order chi connectivity index (χ1) is 8.97. The summed E-state index contributed by atoms with van der Waals surface area (Å²) >= 11 is 1.11. The van der Waals surface area contributed by atoms with Gasteiger partial charge in [-0.25, -0.2) is 5.10 Å². The van der Waals surface area contributed by atoms with E-state index in [1.807, 2.05) is 0 Å². The third-order valence-corrected chi connectivity index (χ3v) is 4.31. The zero-order valence-corrected chi connectivity index (χ0v) is 11.8. The maximum atomic E-state index is 12.0. The smallest absolute Gasteiger partial charge is 0.322 e. The van der Waals surface area contributed by atoms with Crippen LogP contribution < -0.4 is 4.87 Å². The third kappa shape index (κ3) is 3.28. The van der Waals surface area contributed by atoms with Crippen molar-refractivity contribution in [3.63, 3.8) is 0 Å². The van der Waals surface area contributed by atoms with E-state index in [1.165, 1.54) is 6.92 Å². The van der Waals surface area contributed by atoms with E-state index < -0.39 is 0 Å². The lowest BCUT2D eigenvalue weighted by atomic mass is 9.99. The van der Waals surface area contributed by atoms with Crippen LogP contribution in [0.1, 0.15) is 37.6 Å². The van der Waals surface area contributed by atoms with E-state index in [1.54, 1.807) is 4.90 Å². The van der Waals surface area contributed by atoms with Crippen LogP contribution in [-0.2, 0) is 9.59 Å². The van der Waals surface area contributed by atoms with Crippen LogP contribution in [-0.4, -0.2) is 39.9 Å². The molecule has 6 nitrogen and oxygen atoms in total. The standard InChI is InChI=1S/C12H17N3O3S/c1-7-5-15(10(17)4-3-8(2)16)6-9(7)11-13-14-12(18)19-11/h7,9H,3-6H2,1-2H3,(H,14,18)/t7-,9+/m1/s1. The number of Topliss-reactive ketones (excluding diaryl/α,β-unsaturated/α-hetero) is 1. The largest absolute Gasteiger partial charge is 0.342 e. The molecule has 1 aliphatic heterocycles. The van der Waals surface area contributed by atoms with E-state index in [-0.39, 0.29) is 34.8 Å². The summed E-state index contributed by atoms with van der Waals surface area (Å²) in [7, 11) is 0. The fourth-order valence-corrected chi connectivity index (χ4v) is 3.16. The number of likely N-dealkylation sites (tertiary alicyclic amines) is 1. The van der Waals surface area contributed by atoms with Crippen molar-refractivity contribution >= 4 is 23.0 Å². The van der Waals surface area contributed by atoms with Crippen molar-refractivity contribution in [2.24, 2.45) is 5.92 Å². The molecule has 2 heterocycles. The Labute approximate surface area is 114 Å². The van der Waals surface area contributed by atoms with Crippen LogP contribution in [0.25, 0.3) is 0 Å². The van der Waals surface area contributed by atoms with Gasteiger partial charge in [0.2, 0.25) is 5.91 Å². The molecule has 2 atom stereocenters. The summed E-state index contributed by atoms with van der Waals surface area (Å²) in [5, 5.41) is 7.18. The lowest BCUT2D eigenvalue weighted by Gasteiger charge is -2.15. The van der Waals surface area contributed by atoms with E-state index in [9.17, 15) is 14.4 Å². The maximum Gasteiger partial charge on any atom is 0.322 e. The molecule has 0 bridgehead atoms. The second kappa shape index (κ2) is 5.64. The number of nitrogens with one attached hydrogen (secondary N) is 1. The summed E-state index contributed by atoms with van der Waals surface area (Å²) in [5.74, 6) is 0.431. The Hall–Kier alpha value is -1.50. The molecule has 1 N–H and O–H groups in total. The van der Waals surface area contributed by atoms with Crippen LogP contribution in [0, 0.1) is 5.92 Å². The molecule has 104 valence electrons. The van der Waals surface area contributed by atoms with E-state index >= 15 is 0 Å². The summed E-state index contributed by atoms with van der Waals surface area (Å²) in [5.41, 5.74) is 0. The highest BCUT2D eigenvalue weighted by Crippen LogP contribution is 2.32. The lowest BCUT2D eigenvalue weighted by molar-refractivity contribution is -0.132.